The van der Waals surface area contributed by atoms with E-state index < -0.39 is 12.1 Å². The molecule has 2 aliphatic rings. The number of ether oxygens (including phenoxy) is 2. The van der Waals surface area contributed by atoms with Crippen molar-refractivity contribution in [2.45, 2.75) is 12.5 Å². The number of carbonyl (C=O) groups is 2. The Balaban J connectivity index is 1.87. The average molecular weight is 272 g/mol. The molecule has 0 aromatic rings. The molecule has 0 spiro atoms. The van der Waals surface area contributed by atoms with Gasteiger partial charge in [0.05, 0.1) is 19.8 Å². The van der Waals surface area contributed by atoms with Gasteiger partial charge in [-0.1, -0.05) is 0 Å². The number of morpholine rings is 1. The van der Waals surface area contributed by atoms with Gasteiger partial charge in [0.2, 0.25) is 0 Å². The van der Waals surface area contributed by atoms with Gasteiger partial charge < -0.3 is 24.4 Å². The first-order chi connectivity index (χ1) is 9.11. The summed E-state index contributed by atoms with van der Waals surface area (Å²) in [6, 6.07) is -0.0897. The van der Waals surface area contributed by atoms with Crippen LogP contribution in [-0.4, -0.2) is 79.5 Å². The fourth-order valence-electron chi connectivity index (χ4n) is 2.55. The van der Waals surface area contributed by atoms with E-state index >= 15 is 0 Å². The number of nitrogens with zero attached hydrogens (tertiary/aromatic N) is 2. The number of aliphatic carboxylic acids is 1. The summed E-state index contributed by atoms with van der Waals surface area (Å²) in [5, 5.41) is 8.92. The lowest BCUT2D eigenvalue weighted by Gasteiger charge is -2.33. The number of carboxylic acid groups (broad SMARTS) is 1. The van der Waals surface area contributed by atoms with Crippen molar-refractivity contribution < 1.29 is 24.2 Å². The van der Waals surface area contributed by atoms with Crippen LogP contribution in [0.4, 0.5) is 4.79 Å². The third-order valence-electron chi connectivity index (χ3n) is 3.57. The maximum absolute atomic E-state index is 12.3. The predicted molar refractivity (Wildman–Crippen MR) is 65.9 cm³/mol. The van der Waals surface area contributed by atoms with Crippen molar-refractivity contribution >= 4 is 12.0 Å². The molecule has 2 saturated heterocycles. The highest BCUT2D eigenvalue weighted by atomic mass is 16.5. The van der Waals surface area contributed by atoms with E-state index in [0.717, 1.165) is 6.42 Å². The van der Waals surface area contributed by atoms with Crippen LogP contribution in [0.25, 0.3) is 0 Å². The van der Waals surface area contributed by atoms with Crippen LogP contribution in [0.1, 0.15) is 6.42 Å². The first-order valence-corrected chi connectivity index (χ1v) is 6.49. The molecule has 2 atom stereocenters. The van der Waals surface area contributed by atoms with Crippen LogP contribution in [0.5, 0.6) is 0 Å². The van der Waals surface area contributed by atoms with Gasteiger partial charge in [0, 0.05) is 32.7 Å². The molecule has 19 heavy (non-hydrogen) atoms. The highest BCUT2D eigenvalue weighted by Gasteiger charge is 2.34. The monoisotopic (exact) mass is 272 g/mol. The minimum atomic E-state index is -1.02. The summed E-state index contributed by atoms with van der Waals surface area (Å²) in [6.45, 7) is 2.90. The number of carboxylic acids is 1. The summed E-state index contributed by atoms with van der Waals surface area (Å²) in [7, 11) is 1.66. The van der Waals surface area contributed by atoms with E-state index in [1.54, 1.807) is 16.9 Å². The first-order valence-electron chi connectivity index (χ1n) is 6.49. The molecule has 1 N–H and O–H groups in total. The van der Waals surface area contributed by atoms with Crippen LogP contribution in [0, 0.1) is 5.92 Å². The average Bonchev–Trinajstić information content (AvgIpc) is 2.87. The van der Waals surface area contributed by atoms with Gasteiger partial charge in [-0.05, 0) is 6.42 Å². The molecule has 2 fully saturated rings. The number of hydrogen-bond acceptors (Lipinski definition) is 4. The van der Waals surface area contributed by atoms with Crippen molar-refractivity contribution in [3.63, 3.8) is 0 Å². The van der Waals surface area contributed by atoms with Crippen molar-refractivity contribution in [2.75, 3.05) is 46.5 Å². The molecule has 2 amide bonds. The molecule has 2 unspecified atom stereocenters. The Bertz CT molecular complexity index is 349. The zero-order valence-corrected chi connectivity index (χ0v) is 11.1. The maximum atomic E-state index is 12.3. The molecule has 108 valence electrons. The van der Waals surface area contributed by atoms with Crippen molar-refractivity contribution in [2.24, 2.45) is 5.92 Å². The topological polar surface area (TPSA) is 79.3 Å². The largest absolute Gasteiger partial charge is 0.479 e. The smallest absolute Gasteiger partial charge is 0.334 e. The van der Waals surface area contributed by atoms with Crippen molar-refractivity contribution in [3.8, 4) is 0 Å². The van der Waals surface area contributed by atoms with Gasteiger partial charge in [-0.3, -0.25) is 0 Å². The van der Waals surface area contributed by atoms with E-state index in [0.29, 0.717) is 32.2 Å². The molecule has 7 nitrogen and oxygen atoms in total. The van der Waals surface area contributed by atoms with E-state index in [2.05, 4.69) is 0 Å². The number of amides is 2. The van der Waals surface area contributed by atoms with Crippen LogP contribution in [0.15, 0.2) is 0 Å². The van der Waals surface area contributed by atoms with Gasteiger partial charge >= 0.3 is 12.0 Å². The van der Waals surface area contributed by atoms with Gasteiger partial charge in [-0.25, -0.2) is 9.59 Å². The second-order valence-electron chi connectivity index (χ2n) is 4.98. The SMILES string of the molecule is COCC1CCN(C(=O)N2CCOC(C(=O)O)C2)C1. The molecule has 2 aliphatic heterocycles. The minimum absolute atomic E-state index is 0.0897. The molecule has 0 radical (unpaired) electrons. The summed E-state index contributed by atoms with van der Waals surface area (Å²) in [5.74, 6) is -0.638. The van der Waals surface area contributed by atoms with Gasteiger partial charge in [-0.15, -0.1) is 0 Å². The predicted octanol–water partition coefficient (Wildman–Crippen LogP) is -0.140. The summed E-state index contributed by atoms with van der Waals surface area (Å²) < 4.78 is 10.2. The number of urea groups is 1. The third kappa shape index (κ3) is 3.36. The number of hydrogen-bond donors (Lipinski definition) is 1. The van der Waals surface area contributed by atoms with Crippen molar-refractivity contribution in [1.29, 1.82) is 0 Å². The normalized spacial score (nSPS) is 27.6. The molecular weight excluding hydrogens is 252 g/mol. The van der Waals surface area contributed by atoms with E-state index in [1.807, 2.05) is 0 Å². The number of rotatable bonds is 3. The molecular formula is C12H20N2O5. The van der Waals surface area contributed by atoms with Crippen LogP contribution < -0.4 is 0 Å². The van der Waals surface area contributed by atoms with Crippen LogP contribution >= 0.6 is 0 Å². The van der Waals surface area contributed by atoms with Gasteiger partial charge in [0.15, 0.2) is 6.10 Å². The Hall–Kier alpha value is -1.34. The lowest BCUT2D eigenvalue weighted by molar-refractivity contribution is -0.154. The summed E-state index contributed by atoms with van der Waals surface area (Å²) in [6.07, 6.45) is 0.0294. The minimum Gasteiger partial charge on any atom is -0.479 e. The fourth-order valence-corrected chi connectivity index (χ4v) is 2.55. The zero-order valence-electron chi connectivity index (χ0n) is 11.1. The lowest BCUT2D eigenvalue weighted by Crippen LogP contribution is -2.52. The maximum Gasteiger partial charge on any atom is 0.334 e. The highest BCUT2D eigenvalue weighted by Crippen LogP contribution is 2.19. The Kier molecular flexibility index (Phi) is 4.60. The molecule has 7 heteroatoms. The summed E-state index contributed by atoms with van der Waals surface area (Å²) in [4.78, 5) is 26.5. The van der Waals surface area contributed by atoms with E-state index in [4.69, 9.17) is 14.6 Å². The van der Waals surface area contributed by atoms with Gasteiger partial charge in [0.25, 0.3) is 0 Å². The Morgan fingerprint density at radius 2 is 2.05 bits per heavy atom. The highest BCUT2D eigenvalue weighted by molar-refractivity contribution is 5.77. The van der Waals surface area contributed by atoms with Gasteiger partial charge in [0.1, 0.15) is 0 Å². The molecule has 0 bridgehead atoms. The number of carbonyl (C=O) groups excluding carboxylic acids is 1. The summed E-state index contributed by atoms with van der Waals surface area (Å²) >= 11 is 0. The van der Waals surface area contributed by atoms with Crippen molar-refractivity contribution in [1.82, 2.24) is 9.80 Å². The molecule has 2 rings (SSSR count). The van der Waals surface area contributed by atoms with E-state index in [-0.39, 0.29) is 19.2 Å². The second-order valence-corrected chi connectivity index (χ2v) is 4.98. The lowest BCUT2D eigenvalue weighted by atomic mass is 10.1. The molecule has 0 saturated carbocycles. The number of methoxy groups -OCH3 is 1. The second kappa shape index (κ2) is 6.21. The van der Waals surface area contributed by atoms with Gasteiger partial charge in [-0.2, -0.15) is 0 Å². The van der Waals surface area contributed by atoms with Crippen LogP contribution in [-0.2, 0) is 14.3 Å². The Morgan fingerprint density at radius 1 is 1.32 bits per heavy atom. The zero-order chi connectivity index (χ0) is 13.8. The molecule has 0 aromatic carbocycles. The molecule has 0 aliphatic carbocycles. The third-order valence-corrected chi connectivity index (χ3v) is 3.57. The van der Waals surface area contributed by atoms with Crippen LogP contribution in [0.2, 0.25) is 0 Å². The number of likely N-dealkylation sites (tertiary alicyclic amines) is 1. The Morgan fingerprint density at radius 3 is 2.74 bits per heavy atom. The standard InChI is InChI=1S/C12H20N2O5/c1-18-8-9-2-3-13(6-9)12(17)14-4-5-19-10(7-14)11(15)16/h9-10H,2-8H2,1H3,(H,15,16). The Labute approximate surface area is 112 Å². The molecule has 2 heterocycles. The van der Waals surface area contributed by atoms with E-state index in [9.17, 15) is 9.59 Å². The first kappa shape index (κ1) is 14.1. The molecule has 0 aromatic heterocycles. The van der Waals surface area contributed by atoms with E-state index in [1.165, 1.54) is 0 Å². The van der Waals surface area contributed by atoms with Crippen LogP contribution in [0.3, 0.4) is 0 Å². The van der Waals surface area contributed by atoms with Crippen molar-refractivity contribution in [3.05, 3.63) is 0 Å². The summed E-state index contributed by atoms with van der Waals surface area (Å²) in [5.41, 5.74) is 0. The quantitative estimate of drug-likeness (QED) is 0.773. The fraction of sp³-hybridized carbons (Fsp3) is 0.833.